The largest absolute Gasteiger partial charge is 0.324 e. The lowest BCUT2D eigenvalue weighted by molar-refractivity contribution is -0.116. The van der Waals surface area contributed by atoms with Crippen LogP contribution in [-0.4, -0.2) is 5.91 Å². The molecule has 0 aliphatic rings. The predicted molar refractivity (Wildman–Crippen MR) is 87.6 cm³/mol. The summed E-state index contributed by atoms with van der Waals surface area (Å²) in [5, 5.41) is 2.85. The number of benzene rings is 2. The van der Waals surface area contributed by atoms with Gasteiger partial charge in [0.15, 0.2) is 0 Å². The van der Waals surface area contributed by atoms with E-state index in [9.17, 15) is 9.18 Å². The molecule has 0 unspecified atom stereocenters. The van der Waals surface area contributed by atoms with Gasteiger partial charge in [0.25, 0.3) is 0 Å². The molecule has 5 heteroatoms. The SMILES string of the molecule is CCCC(=O)Nc1cc(-c2ccccc2S)c(Cl)cc1F. The fraction of sp³-hybridized carbons (Fsp3) is 0.188. The molecule has 0 aromatic heterocycles. The van der Waals surface area contributed by atoms with Crippen LogP contribution in [0.3, 0.4) is 0 Å². The maximum atomic E-state index is 13.9. The van der Waals surface area contributed by atoms with Gasteiger partial charge in [0, 0.05) is 16.9 Å². The van der Waals surface area contributed by atoms with Crippen LogP contribution in [0.1, 0.15) is 19.8 Å². The van der Waals surface area contributed by atoms with Gasteiger partial charge in [-0.15, -0.1) is 12.6 Å². The van der Waals surface area contributed by atoms with Crippen molar-refractivity contribution >= 4 is 35.8 Å². The summed E-state index contributed by atoms with van der Waals surface area (Å²) < 4.78 is 13.9. The van der Waals surface area contributed by atoms with E-state index in [1.54, 1.807) is 6.07 Å². The molecule has 0 saturated carbocycles. The van der Waals surface area contributed by atoms with E-state index in [0.717, 1.165) is 10.5 Å². The van der Waals surface area contributed by atoms with Crippen molar-refractivity contribution in [1.29, 1.82) is 0 Å². The Morgan fingerprint density at radius 3 is 2.67 bits per heavy atom. The molecule has 2 nitrogen and oxygen atoms in total. The van der Waals surface area contributed by atoms with Crippen LogP contribution in [-0.2, 0) is 4.79 Å². The fourth-order valence-electron chi connectivity index (χ4n) is 1.99. The molecule has 0 atom stereocenters. The molecule has 0 heterocycles. The molecule has 0 aliphatic heterocycles. The molecule has 0 bridgehead atoms. The lowest BCUT2D eigenvalue weighted by Crippen LogP contribution is -2.12. The van der Waals surface area contributed by atoms with Crippen molar-refractivity contribution in [2.75, 3.05) is 5.32 Å². The van der Waals surface area contributed by atoms with E-state index >= 15 is 0 Å². The van der Waals surface area contributed by atoms with Crippen LogP contribution in [0.2, 0.25) is 5.02 Å². The molecule has 1 amide bonds. The van der Waals surface area contributed by atoms with Crippen LogP contribution in [0.15, 0.2) is 41.3 Å². The van der Waals surface area contributed by atoms with Gasteiger partial charge < -0.3 is 5.32 Å². The second-order valence-corrected chi connectivity index (χ2v) is 5.52. The summed E-state index contributed by atoms with van der Waals surface area (Å²) >= 11 is 10.5. The second kappa shape index (κ2) is 6.96. The summed E-state index contributed by atoms with van der Waals surface area (Å²) in [5.41, 5.74) is 1.55. The Morgan fingerprint density at radius 1 is 1.29 bits per heavy atom. The van der Waals surface area contributed by atoms with Gasteiger partial charge in [-0.1, -0.05) is 36.7 Å². The Hall–Kier alpha value is -1.52. The highest BCUT2D eigenvalue weighted by Crippen LogP contribution is 2.35. The van der Waals surface area contributed by atoms with E-state index in [1.165, 1.54) is 6.07 Å². The van der Waals surface area contributed by atoms with Crippen LogP contribution in [0.5, 0.6) is 0 Å². The number of nitrogens with one attached hydrogen (secondary N) is 1. The highest BCUT2D eigenvalue weighted by atomic mass is 35.5. The molecule has 0 spiro atoms. The molecule has 0 radical (unpaired) electrons. The lowest BCUT2D eigenvalue weighted by atomic mass is 10.0. The zero-order valence-corrected chi connectivity index (χ0v) is 13.1. The summed E-state index contributed by atoms with van der Waals surface area (Å²) in [6.45, 7) is 1.89. The van der Waals surface area contributed by atoms with Crippen LogP contribution >= 0.6 is 24.2 Å². The molecule has 0 aliphatic carbocycles. The van der Waals surface area contributed by atoms with E-state index in [1.807, 2.05) is 31.2 Å². The number of thiol groups is 1. The van der Waals surface area contributed by atoms with Gasteiger partial charge >= 0.3 is 0 Å². The molecular formula is C16H15ClFNOS. The first-order valence-electron chi connectivity index (χ1n) is 6.60. The summed E-state index contributed by atoms with van der Waals surface area (Å²) in [7, 11) is 0. The third-order valence-corrected chi connectivity index (χ3v) is 3.70. The van der Waals surface area contributed by atoms with Crippen LogP contribution in [0, 0.1) is 5.82 Å². The van der Waals surface area contributed by atoms with Gasteiger partial charge in [-0.3, -0.25) is 4.79 Å². The van der Waals surface area contributed by atoms with E-state index in [0.29, 0.717) is 18.4 Å². The van der Waals surface area contributed by atoms with Gasteiger partial charge in [-0.05, 0) is 30.2 Å². The first kappa shape index (κ1) is 15.9. The Labute approximate surface area is 133 Å². The van der Waals surface area contributed by atoms with Crippen LogP contribution in [0.25, 0.3) is 11.1 Å². The number of amides is 1. The second-order valence-electron chi connectivity index (χ2n) is 4.63. The molecule has 21 heavy (non-hydrogen) atoms. The molecule has 2 aromatic rings. The lowest BCUT2D eigenvalue weighted by Gasteiger charge is -2.12. The van der Waals surface area contributed by atoms with Crippen molar-refractivity contribution in [2.24, 2.45) is 0 Å². The van der Waals surface area contributed by atoms with Gasteiger partial charge in [-0.2, -0.15) is 0 Å². The summed E-state index contributed by atoms with van der Waals surface area (Å²) in [6.07, 6.45) is 1.05. The van der Waals surface area contributed by atoms with Gasteiger partial charge in [0.2, 0.25) is 5.91 Å². The number of halogens is 2. The molecule has 2 rings (SSSR count). The summed E-state index contributed by atoms with van der Waals surface area (Å²) in [4.78, 5) is 12.4. The number of anilines is 1. The first-order valence-corrected chi connectivity index (χ1v) is 7.42. The summed E-state index contributed by atoms with van der Waals surface area (Å²) in [6, 6.07) is 10.1. The minimum atomic E-state index is -0.551. The van der Waals surface area contributed by atoms with Crippen molar-refractivity contribution in [1.82, 2.24) is 0 Å². The summed E-state index contributed by atoms with van der Waals surface area (Å²) in [5.74, 6) is -0.770. The highest BCUT2D eigenvalue weighted by molar-refractivity contribution is 7.80. The third-order valence-electron chi connectivity index (χ3n) is 3.00. The zero-order chi connectivity index (χ0) is 15.4. The fourth-order valence-corrected chi connectivity index (χ4v) is 2.53. The molecular weight excluding hydrogens is 309 g/mol. The standard InChI is InChI=1S/C16H15ClFNOS/c1-2-5-16(20)19-14-8-11(12(17)9-13(14)18)10-6-3-4-7-15(10)21/h3-4,6-9,21H,2,5H2,1H3,(H,19,20). The molecule has 110 valence electrons. The van der Waals surface area contributed by atoms with Gasteiger partial charge in [0.1, 0.15) is 5.82 Å². The zero-order valence-electron chi connectivity index (χ0n) is 11.5. The highest BCUT2D eigenvalue weighted by Gasteiger charge is 2.13. The van der Waals surface area contributed by atoms with E-state index in [-0.39, 0.29) is 16.6 Å². The van der Waals surface area contributed by atoms with Crippen molar-refractivity contribution in [3.8, 4) is 11.1 Å². The first-order chi connectivity index (χ1) is 10.0. The van der Waals surface area contributed by atoms with Gasteiger partial charge in [-0.25, -0.2) is 4.39 Å². The molecule has 0 fully saturated rings. The van der Waals surface area contributed by atoms with Crippen molar-refractivity contribution in [2.45, 2.75) is 24.7 Å². The average molecular weight is 324 g/mol. The number of carbonyl (C=O) groups is 1. The maximum Gasteiger partial charge on any atom is 0.224 e. The van der Waals surface area contributed by atoms with Crippen molar-refractivity contribution < 1.29 is 9.18 Å². The third kappa shape index (κ3) is 3.77. The Balaban J connectivity index is 2.44. The normalized spacial score (nSPS) is 10.5. The monoisotopic (exact) mass is 323 g/mol. The Kier molecular flexibility index (Phi) is 5.26. The minimum Gasteiger partial charge on any atom is -0.324 e. The maximum absolute atomic E-state index is 13.9. The van der Waals surface area contributed by atoms with Gasteiger partial charge in [0.05, 0.1) is 10.7 Å². The molecule has 0 saturated heterocycles. The number of hydrogen-bond acceptors (Lipinski definition) is 2. The minimum absolute atomic E-state index is 0.129. The van der Waals surface area contributed by atoms with Crippen LogP contribution in [0.4, 0.5) is 10.1 Å². The number of hydrogen-bond donors (Lipinski definition) is 2. The quantitative estimate of drug-likeness (QED) is 0.746. The molecule has 2 aromatic carbocycles. The Morgan fingerprint density at radius 2 is 2.00 bits per heavy atom. The van der Waals surface area contributed by atoms with E-state index in [2.05, 4.69) is 17.9 Å². The van der Waals surface area contributed by atoms with E-state index < -0.39 is 5.82 Å². The van der Waals surface area contributed by atoms with Crippen molar-refractivity contribution in [3.05, 3.63) is 47.2 Å². The van der Waals surface area contributed by atoms with Crippen molar-refractivity contribution in [3.63, 3.8) is 0 Å². The smallest absolute Gasteiger partial charge is 0.224 e. The molecule has 1 N–H and O–H groups in total. The van der Waals surface area contributed by atoms with Crippen LogP contribution < -0.4 is 5.32 Å². The van der Waals surface area contributed by atoms with E-state index in [4.69, 9.17) is 11.6 Å². The Bertz CT molecular complexity index is 675. The topological polar surface area (TPSA) is 29.1 Å². The number of carbonyl (C=O) groups excluding carboxylic acids is 1. The predicted octanol–water partition coefficient (Wildman–Crippen LogP) is 5.17. The number of rotatable bonds is 4. The average Bonchev–Trinajstić information content (AvgIpc) is 2.43.